The molecular formula is C53H73ClF8N16O2S3. The number of rotatable bonds is 10. The highest BCUT2D eigenvalue weighted by atomic mass is 35.5. The highest BCUT2D eigenvalue weighted by Crippen LogP contribution is 2.39. The van der Waals surface area contributed by atoms with Gasteiger partial charge in [-0.05, 0) is 112 Å². The van der Waals surface area contributed by atoms with Gasteiger partial charge in [-0.1, -0.05) is 35.1 Å². The Bertz CT molecular complexity index is 3160. The zero-order valence-corrected chi connectivity index (χ0v) is 51.4. The minimum atomic E-state index is -3.51. The lowest BCUT2D eigenvalue weighted by atomic mass is 10.2. The number of H-pyrrole nitrogens is 1. The van der Waals surface area contributed by atoms with E-state index in [0.29, 0.717) is 59.3 Å². The summed E-state index contributed by atoms with van der Waals surface area (Å²) < 4.78 is 128. The van der Waals surface area contributed by atoms with Gasteiger partial charge >= 0.3 is 0 Å². The maximum atomic E-state index is 13.3. The van der Waals surface area contributed by atoms with Crippen molar-refractivity contribution in [2.45, 2.75) is 196 Å². The molecule has 0 amide bonds. The van der Waals surface area contributed by atoms with E-state index < -0.39 is 39.6 Å². The number of nitrogens with one attached hydrogen (secondary N) is 4. The molecule has 458 valence electrons. The van der Waals surface area contributed by atoms with Crippen LogP contribution in [0.4, 0.5) is 52.6 Å². The van der Waals surface area contributed by atoms with Gasteiger partial charge in [0.05, 0.1) is 11.4 Å². The highest BCUT2D eigenvalue weighted by Gasteiger charge is 2.42. The van der Waals surface area contributed by atoms with Crippen molar-refractivity contribution in [2.75, 3.05) is 34.7 Å². The maximum absolute atomic E-state index is 13.3. The van der Waals surface area contributed by atoms with Gasteiger partial charge in [0, 0.05) is 134 Å². The first kappa shape index (κ1) is 68.3. The first-order valence-corrected chi connectivity index (χ1v) is 31.2. The molecule has 4 unspecified atom stereocenters. The van der Waals surface area contributed by atoms with Crippen LogP contribution >= 0.6 is 35.1 Å². The molecule has 4 fully saturated rings. The third-order valence-electron chi connectivity index (χ3n) is 12.8. The minimum Gasteiger partial charge on any atom is -0.367 e. The van der Waals surface area contributed by atoms with Crippen molar-refractivity contribution in [3.05, 3.63) is 87.1 Å². The summed E-state index contributed by atoms with van der Waals surface area (Å²) in [5.41, 5.74) is 12.2. The van der Waals surface area contributed by atoms with Crippen LogP contribution in [0.1, 0.15) is 123 Å². The summed E-state index contributed by atoms with van der Waals surface area (Å²) in [6.45, 7) is 15.0. The van der Waals surface area contributed by atoms with Crippen molar-refractivity contribution in [1.29, 1.82) is 0 Å². The van der Waals surface area contributed by atoms with Crippen LogP contribution in [0.3, 0.4) is 0 Å². The van der Waals surface area contributed by atoms with Gasteiger partial charge in [0.1, 0.15) is 22.6 Å². The number of hydrogen-bond donors (Lipinski definition) is 5. The van der Waals surface area contributed by atoms with Crippen molar-refractivity contribution in [3.63, 3.8) is 0 Å². The van der Waals surface area contributed by atoms with Crippen LogP contribution in [0.2, 0.25) is 5.15 Å². The first-order chi connectivity index (χ1) is 38.6. The number of anilines is 3. The summed E-state index contributed by atoms with van der Waals surface area (Å²) in [5.74, 6) is -8.27. The molecule has 0 bridgehead atoms. The van der Waals surface area contributed by atoms with Crippen LogP contribution < -0.4 is 21.7 Å². The number of thioether (sulfide) groups is 2. The van der Waals surface area contributed by atoms with E-state index >= 15 is 0 Å². The Morgan fingerprint density at radius 1 is 0.554 bits per heavy atom. The normalized spacial score (nSPS) is 20.6. The molecule has 4 aliphatic rings. The lowest BCUT2D eigenvalue weighted by Gasteiger charge is -2.15. The van der Waals surface area contributed by atoms with Gasteiger partial charge in [0.2, 0.25) is 38.7 Å². The molecule has 0 radical (unpaired) electrons. The fourth-order valence-electron chi connectivity index (χ4n) is 9.02. The number of aromatic amines is 1. The monoisotopic (exact) mass is 1250 g/mol. The van der Waals surface area contributed by atoms with Crippen LogP contribution in [0, 0.1) is 55.4 Å². The topological polar surface area (TPSA) is 246 Å². The predicted octanol–water partition coefficient (Wildman–Crippen LogP) is 12.4. The molecule has 4 atom stereocenters. The smallest absolute Gasteiger partial charge is 0.252 e. The summed E-state index contributed by atoms with van der Waals surface area (Å²) >= 11 is 8.60. The number of nitrogens with zero attached hydrogens (tertiary/aromatic N) is 11. The van der Waals surface area contributed by atoms with Gasteiger partial charge in [-0.2, -0.15) is 15.2 Å². The van der Waals surface area contributed by atoms with Gasteiger partial charge in [0.15, 0.2) is 10.3 Å². The quantitative estimate of drug-likeness (QED) is 0.0370. The molecule has 83 heavy (non-hydrogen) atoms. The molecule has 18 nitrogen and oxygen atoms in total. The van der Waals surface area contributed by atoms with E-state index in [0.717, 1.165) is 51.3 Å². The predicted molar refractivity (Wildman–Crippen MR) is 309 cm³/mol. The molecule has 6 aromatic heterocycles. The van der Waals surface area contributed by atoms with E-state index in [9.17, 15) is 43.5 Å². The Morgan fingerprint density at radius 3 is 1.34 bits per heavy atom. The Hall–Kier alpha value is -5.52. The number of aromatic nitrogens is 12. The molecule has 6 heterocycles. The van der Waals surface area contributed by atoms with E-state index in [2.05, 4.69) is 71.1 Å². The van der Waals surface area contributed by atoms with E-state index in [1.54, 1.807) is 35.9 Å². The van der Waals surface area contributed by atoms with Crippen LogP contribution in [-0.2, 0) is 9.84 Å². The lowest BCUT2D eigenvalue weighted by Crippen LogP contribution is -2.20. The summed E-state index contributed by atoms with van der Waals surface area (Å²) in [4.78, 5) is 33.1. The number of nitrogens with two attached hydrogens (primary N) is 1. The number of aryl methyl sites for hydroxylation is 8. The molecule has 4 saturated carbocycles. The highest BCUT2D eigenvalue weighted by molar-refractivity contribution is 7.98. The van der Waals surface area contributed by atoms with Crippen LogP contribution in [0.15, 0.2) is 51.9 Å². The summed E-state index contributed by atoms with van der Waals surface area (Å²) in [5, 5.41) is 21.7. The number of hydrogen-bond acceptors (Lipinski definition) is 18. The van der Waals surface area contributed by atoms with Crippen molar-refractivity contribution in [1.82, 2.24) is 59.8 Å². The Morgan fingerprint density at radius 2 is 0.988 bits per heavy atom. The summed E-state index contributed by atoms with van der Waals surface area (Å²) in [6.07, 6.45) is 5.66. The van der Waals surface area contributed by atoms with Crippen LogP contribution in [0.5, 0.6) is 0 Å². The average molecular weight is 1250 g/mol. The van der Waals surface area contributed by atoms with Crippen LogP contribution in [0.25, 0.3) is 5.95 Å². The van der Waals surface area contributed by atoms with Gasteiger partial charge in [0.25, 0.3) is 5.95 Å². The van der Waals surface area contributed by atoms with Gasteiger partial charge in [-0.25, -0.2) is 83.1 Å². The Balaban J connectivity index is 0.000000191. The van der Waals surface area contributed by atoms with Crippen LogP contribution in [-0.4, -0.2) is 135 Å². The molecule has 10 rings (SSSR count). The zero-order valence-electron chi connectivity index (χ0n) is 48.2. The van der Waals surface area contributed by atoms with Crippen molar-refractivity contribution < 1.29 is 43.5 Å². The number of alkyl halides is 8. The maximum Gasteiger partial charge on any atom is 0.252 e. The third-order valence-corrected chi connectivity index (χ3v) is 14.9. The second kappa shape index (κ2) is 29.5. The van der Waals surface area contributed by atoms with Gasteiger partial charge < -0.3 is 21.7 Å². The molecule has 0 aromatic carbocycles. The molecule has 0 spiro atoms. The van der Waals surface area contributed by atoms with E-state index in [1.807, 2.05) is 73.1 Å². The van der Waals surface area contributed by atoms with Gasteiger partial charge in [-0.15, -0.1) is 0 Å². The zero-order chi connectivity index (χ0) is 61.7. The van der Waals surface area contributed by atoms with Crippen molar-refractivity contribution in [3.8, 4) is 5.95 Å². The standard InChI is InChI=1S/C15H19F2N5.C11H15F2N3O2S.C11H15F2N3S.C6H7ClN2S.C5H9F2N.C5H8N2/c1-9-7-13(19-12-4-5-15(16,17)8-12)20-14(18-9)22-11(3)6-10(2)21-22;1-7-5-9(16-10(14-7)19(2,17)18)15-8-3-4-11(12,13)6-8;1-7-5-9(16-10(14-7)17-2)15-8-3-4-11(12,13)6-8;1-4-3-5(7)9-6(8-4)10-2;6-5(7)2-1-4(8)3-5;1-4-3-5(2)7-6-4/h6-7,12H,4-5,8H2,1-3H3,(H,18,19,20);5,8H,3-4,6H2,1-2H3,(H,14,15,16);5,8H,3-4,6H2,1-2H3,(H,14,15,16);3H,1-2H3;4H,1-3,8H2;3H,1-2H3,(H,6,7). The SMILES string of the molecule is CSc1nc(C)cc(Cl)n1.CSc1nc(C)cc(NC2CCC(F)(F)C2)n1.Cc1cc(C)[nH]n1.Cc1cc(NC2CCC(F)(F)C2)nc(-n2nc(C)cc2C)n1.Cc1cc(NC2CCC(F)(F)C2)nc(S(C)(=O)=O)n1.NC1CCC(F)(F)C1. The van der Waals surface area contributed by atoms with E-state index in [4.69, 9.17) is 17.3 Å². The average Bonchev–Trinajstić information content (AvgIpc) is 4.29. The van der Waals surface area contributed by atoms with E-state index in [-0.39, 0.29) is 80.5 Å². The summed E-state index contributed by atoms with van der Waals surface area (Å²) in [6, 6.07) is 9.69. The second-order valence-corrected chi connectivity index (χ2v) is 24.9. The van der Waals surface area contributed by atoms with Crippen molar-refractivity contribution in [2.24, 2.45) is 5.73 Å². The summed E-state index contributed by atoms with van der Waals surface area (Å²) in [7, 11) is -3.51. The molecule has 6 aromatic rings. The molecule has 4 aliphatic carbocycles. The fourth-order valence-corrected chi connectivity index (χ4v) is 10.7. The molecule has 0 aliphatic heterocycles. The first-order valence-electron chi connectivity index (χ1n) is 26.5. The largest absolute Gasteiger partial charge is 0.367 e. The molecular weight excluding hydrogens is 1180 g/mol. The van der Waals surface area contributed by atoms with Crippen molar-refractivity contribution >= 4 is 62.4 Å². The third kappa shape index (κ3) is 23.8. The van der Waals surface area contributed by atoms with Gasteiger partial charge in [-0.3, -0.25) is 5.10 Å². The molecule has 30 heteroatoms. The second-order valence-electron chi connectivity index (χ2n) is 21.1. The Labute approximate surface area is 492 Å². The fraction of sp³-hybridized carbons (Fsp3) is 0.585. The minimum absolute atomic E-state index is 0.0197. The lowest BCUT2D eigenvalue weighted by molar-refractivity contribution is 0.00740. The number of halogens is 9. The van der Waals surface area contributed by atoms with E-state index in [1.165, 1.54) is 23.5 Å². The molecule has 0 saturated heterocycles. The molecule has 6 N–H and O–H groups in total. The Kier molecular flexibility index (Phi) is 24.3. The number of sulfone groups is 1.